The maximum Gasteiger partial charge on any atom is 0.416 e. The second-order valence-corrected chi connectivity index (χ2v) is 20.9. The van der Waals surface area contributed by atoms with E-state index in [9.17, 15) is 26.3 Å². The molecule has 0 heterocycles. The molecular weight excluding hydrogens is 1040 g/mol. The van der Waals surface area contributed by atoms with Gasteiger partial charge in [-0.15, -0.1) is 0 Å². The van der Waals surface area contributed by atoms with E-state index in [1.54, 1.807) is 0 Å². The Labute approximate surface area is 477 Å². The highest BCUT2D eigenvalue weighted by Gasteiger charge is 2.30. The molecule has 0 saturated carbocycles. The molecule has 0 nitrogen and oxygen atoms in total. The topological polar surface area (TPSA) is 0 Å². The van der Waals surface area contributed by atoms with Crippen molar-refractivity contribution in [1.29, 1.82) is 0 Å². The number of halogens is 6. The van der Waals surface area contributed by atoms with Crippen molar-refractivity contribution in [3.63, 3.8) is 0 Å². The molecule has 83 heavy (non-hydrogen) atoms. The fourth-order valence-electron chi connectivity index (χ4n) is 10.4. The Morgan fingerprint density at radius 3 is 1.07 bits per heavy atom. The lowest BCUT2D eigenvalue weighted by Gasteiger charge is -2.14. The van der Waals surface area contributed by atoms with E-state index >= 15 is 0 Å². The monoisotopic (exact) mass is 1090 g/mol. The third kappa shape index (κ3) is 12.4. The number of aryl methyl sites for hydroxylation is 2. The molecule has 13 rings (SSSR count). The number of hydrogen-bond acceptors (Lipinski definition) is 0. The predicted octanol–water partition coefficient (Wildman–Crippen LogP) is 20.5. The first-order valence-corrected chi connectivity index (χ1v) is 27.0. The van der Waals surface area contributed by atoms with Crippen molar-refractivity contribution in [2.45, 2.75) is 32.1 Å². The molecule has 0 atom stereocenters. The summed E-state index contributed by atoms with van der Waals surface area (Å²) in [6.45, 7) is 5.94. The minimum Gasteiger partial charge on any atom is -0.166 e. The summed E-state index contributed by atoms with van der Waals surface area (Å²) in [7, 11) is 0. The molecule has 1 aliphatic rings. The van der Waals surface area contributed by atoms with Gasteiger partial charge in [-0.1, -0.05) is 127 Å². The predicted molar refractivity (Wildman–Crippen MR) is 332 cm³/mol. The van der Waals surface area contributed by atoms with Gasteiger partial charge >= 0.3 is 12.4 Å². The summed E-state index contributed by atoms with van der Waals surface area (Å²) in [6.07, 6.45) is 1.83. The molecule has 398 valence electrons. The van der Waals surface area contributed by atoms with Gasteiger partial charge in [0.25, 0.3) is 0 Å². The molecule has 0 amide bonds. The molecule has 1 aliphatic carbocycles. The summed E-state index contributed by atoms with van der Waals surface area (Å²) in [4.78, 5) is 0. The second kappa shape index (κ2) is 22.3. The fraction of sp³-hybridized carbons (Fsp3) is 0.0649. The molecule has 0 N–H and O–H groups in total. The van der Waals surface area contributed by atoms with E-state index in [0.717, 1.165) is 135 Å². The lowest BCUT2D eigenvalue weighted by Crippen LogP contribution is -2.04. The van der Waals surface area contributed by atoms with Crippen LogP contribution < -0.4 is 0 Å². The van der Waals surface area contributed by atoms with E-state index in [-0.39, 0.29) is 0 Å². The minimum absolute atomic E-state index is 0.519. The summed E-state index contributed by atoms with van der Waals surface area (Å²) in [5, 5.41) is 13.2. The molecule has 0 radical (unpaired) electrons. The van der Waals surface area contributed by atoms with Gasteiger partial charge in [-0.25, -0.2) is 0 Å². The van der Waals surface area contributed by atoms with E-state index in [4.69, 9.17) is 0 Å². The molecule has 0 bridgehead atoms. The van der Waals surface area contributed by atoms with Crippen LogP contribution in [-0.2, 0) is 18.8 Å². The number of fused-ring (bicyclic) bond motifs is 7. The third-order valence-corrected chi connectivity index (χ3v) is 15.0. The van der Waals surface area contributed by atoms with Crippen molar-refractivity contribution in [3.8, 4) is 35.5 Å². The van der Waals surface area contributed by atoms with Gasteiger partial charge in [-0.2, -0.15) is 26.3 Å². The van der Waals surface area contributed by atoms with Gasteiger partial charge in [-0.05, 0) is 270 Å². The SMILES string of the molecule is C=CC1=Cc2ccc(C#Cc3ccc(C)cc3)cc2CC1.FC(F)(F)c1ccc(C#Cc2ccc3cc4cc5cc(/C=C/c6ccc7cc8cc9cc(C#Cc%10ccc(C(F)(F)F)cc%10)ccc9cc8cc7c6)ccc5cc4cc3c2)cc1. The van der Waals surface area contributed by atoms with Gasteiger partial charge < -0.3 is 0 Å². The number of benzene rings is 12. The van der Waals surface area contributed by atoms with E-state index < -0.39 is 23.5 Å². The summed E-state index contributed by atoms with van der Waals surface area (Å²) in [5.74, 6) is 18.6. The highest BCUT2D eigenvalue weighted by molar-refractivity contribution is 6.07. The highest BCUT2D eigenvalue weighted by atomic mass is 19.4. The number of hydrogen-bond donors (Lipinski definition) is 0. The van der Waals surface area contributed by atoms with Gasteiger partial charge in [-0.3, -0.25) is 0 Å². The van der Waals surface area contributed by atoms with Gasteiger partial charge in [0.2, 0.25) is 0 Å². The smallest absolute Gasteiger partial charge is 0.166 e. The van der Waals surface area contributed by atoms with Crippen molar-refractivity contribution >= 4 is 82.9 Å². The van der Waals surface area contributed by atoms with Crippen LogP contribution in [0.1, 0.15) is 78.7 Å². The van der Waals surface area contributed by atoms with Crippen molar-refractivity contribution in [1.82, 2.24) is 0 Å². The van der Waals surface area contributed by atoms with Gasteiger partial charge in [0.15, 0.2) is 0 Å². The third-order valence-electron chi connectivity index (χ3n) is 15.0. The zero-order valence-electron chi connectivity index (χ0n) is 44.9. The summed E-state index contributed by atoms with van der Waals surface area (Å²) in [5.41, 5.74) is 10.8. The Bertz CT molecular complexity index is 4580. The largest absolute Gasteiger partial charge is 0.416 e. The van der Waals surface area contributed by atoms with Crippen LogP contribution in [0.3, 0.4) is 0 Å². The maximum absolute atomic E-state index is 12.9. The molecule has 12 aromatic rings. The van der Waals surface area contributed by atoms with E-state index in [0.29, 0.717) is 11.1 Å². The van der Waals surface area contributed by atoms with Crippen LogP contribution in [0.5, 0.6) is 0 Å². The van der Waals surface area contributed by atoms with Crippen molar-refractivity contribution in [2.75, 3.05) is 0 Å². The Morgan fingerprint density at radius 1 is 0.337 bits per heavy atom. The lowest BCUT2D eigenvalue weighted by molar-refractivity contribution is -0.138. The molecular formula is C77H48F6. The molecule has 12 aromatic carbocycles. The Morgan fingerprint density at radius 2 is 0.663 bits per heavy atom. The van der Waals surface area contributed by atoms with Crippen LogP contribution in [0, 0.1) is 42.4 Å². The van der Waals surface area contributed by atoms with E-state index in [2.05, 4.69) is 195 Å². The average Bonchev–Trinajstić information content (AvgIpc) is 3.60. The van der Waals surface area contributed by atoms with Gasteiger partial charge in [0.05, 0.1) is 11.1 Å². The van der Waals surface area contributed by atoms with Crippen LogP contribution in [0.15, 0.2) is 231 Å². The Hall–Kier alpha value is -10.3. The molecule has 0 spiro atoms. The van der Waals surface area contributed by atoms with Crippen LogP contribution in [-0.4, -0.2) is 0 Å². The van der Waals surface area contributed by atoms with Crippen LogP contribution in [0.4, 0.5) is 26.3 Å². The molecule has 0 aliphatic heterocycles. The Kier molecular flexibility index (Phi) is 14.3. The standard InChI is InChI=1S/C56H30F6.C21H18/c57-55(58,59)53-19-11-35(12-20-53)1-3-37-7-15-41-27-51-33-47-25-39(9-17-43(47)29-49(51)31-45(41)23-37)5-6-40-10-18-44-30-50-32-46-24-38(8-16-42(46)28-52(50)34-48(44)26-40)4-2-36-13-21-54(22-14-36)56(60,61)62;1-3-17-10-12-21-15-19(11-13-20(21)14-17)9-8-18-6-4-16(2)5-7-18/h5-34H;3-7,11,13-15H,1,10,12H2,2H3/b6-5+;. The van der Waals surface area contributed by atoms with Crippen molar-refractivity contribution in [3.05, 3.63) is 303 Å². The number of rotatable bonds is 3. The van der Waals surface area contributed by atoms with Crippen LogP contribution >= 0.6 is 0 Å². The second-order valence-electron chi connectivity index (χ2n) is 20.9. The normalized spacial score (nSPS) is 12.2. The molecule has 0 saturated heterocycles. The lowest BCUT2D eigenvalue weighted by atomic mass is 9.91. The number of alkyl halides is 6. The molecule has 6 heteroatoms. The van der Waals surface area contributed by atoms with Gasteiger partial charge in [0, 0.05) is 33.4 Å². The quantitative estimate of drug-likeness (QED) is 0.0716. The first-order chi connectivity index (χ1) is 40.1. The number of allylic oxidation sites excluding steroid dienone is 2. The summed E-state index contributed by atoms with van der Waals surface area (Å²) < 4.78 is 77.6. The zero-order chi connectivity index (χ0) is 57.2. The van der Waals surface area contributed by atoms with Crippen LogP contribution in [0.2, 0.25) is 0 Å². The van der Waals surface area contributed by atoms with Crippen LogP contribution in [0.25, 0.3) is 82.9 Å². The highest BCUT2D eigenvalue weighted by Crippen LogP contribution is 2.34. The van der Waals surface area contributed by atoms with Crippen molar-refractivity contribution < 1.29 is 26.3 Å². The molecule has 0 unspecified atom stereocenters. The minimum atomic E-state index is -4.38. The summed E-state index contributed by atoms with van der Waals surface area (Å²) >= 11 is 0. The zero-order valence-corrected chi connectivity index (χ0v) is 44.9. The average molecular weight is 1090 g/mol. The summed E-state index contributed by atoms with van der Waals surface area (Å²) in [6, 6.07) is 66.8. The first-order valence-electron chi connectivity index (χ1n) is 27.0. The maximum atomic E-state index is 12.9. The van der Waals surface area contributed by atoms with Gasteiger partial charge in [0.1, 0.15) is 0 Å². The Balaban J connectivity index is 0.000000271. The van der Waals surface area contributed by atoms with Crippen molar-refractivity contribution in [2.24, 2.45) is 0 Å². The molecule has 0 fully saturated rings. The fourth-order valence-corrected chi connectivity index (χ4v) is 10.4. The molecule has 0 aromatic heterocycles. The van der Waals surface area contributed by atoms with E-state index in [1.165, 1.54) is 46.5 Å². The first kappa shape index (κ1) is 53.3. The van der Waals surface area contributed by atoms with E-state index in [1.807, 2.05) is 42.5 Å².